The summed E-state index contributed by atoms with van der Waals surface area (Å²) in [5, 5.41) is 23.5. The number of rotatable bonds is 8. The third kappa shape index (κ3) is 5.61. The van der Waals surface area contributed by atoms with E-state index in [9.17, 15) is 5.11 Å². The molecule has 1 aromatic carbocycles. The molecule has 30 heavy (non-hydrogen) atoms. The van der Waals surface area contributed by atoms with Crippen molar-refractivity contribution in [3.05, 3.63) is 58.5 Å². The van der Waals surface area contributed by atoms with Crippen LogP contribution in [0.25, 0.3) is 11.1 Å². The number of benzene rings is 1. The van der Waals surface area contributed by atoms with Gasteiger partial charge in [-0.1, -0.05) is 12.1 Å². The van der Waals surface area contributed by atoms with E-state index in [1.807, 2.05) is 32.3 Å². The molecule has 0 fully saturated rings. The van der Waals surface area contributed by atoms with Crippen molar-refractivity contribution < 1.29 is 9.84 Å². The lowest BCUT2D eigenvalue weighted by molar-refractivity contribution is 0.0616. The minimum Gasteiger partial charge on any atom is -0.497 e. The van der Waals surface area contributed by atoms with Gasteiger partial charge in [0.15, 0.2) is 5.96 Å². The Bertz CT molecular complexity index is 976. The van der Waals surface area contributed by atoms with Crippen molar-refractivity contribution in [3.8, 4) is 16.9 Å². The number of nitrogens with one attached hydrogen (secondary N) is 2. The highest BCUT2D eigenvalue weighted by molar-refractivity contribution is 7.10. The molecule has 0 radical (unpaired) electrons. The van der Waals surface area contributed by atoms with E-state index in [2.05, 4.69) is 44.3 Å². The van der Waals surface area contributed by atoms with Gasteiger partial charge in [-0.25, -0.2) is 4.99 Å². The largest absolute Gasteiger partial charge is 0.497 e. The number of hydrogen-bond acceptors (Lipinski definition) is 5. The Balaban J connectivity index is 1.63. The van der Waals surface area contributed by atoms with Crippen LogP contribution in [0.1, 0.15) is 24.3 Å². The molecule has 0 bridgehead atoms. The first-order chi connectivity index (χ1) is 14.4. The van der Waals surface area contributed by atoms with Gasteiger partial charge in [-0.2, -0.15) is 5.10 Å². The van der Waals surface area contributed by atoms with Crippen molar-refractivity contribution in [2.45, 2.75) is 26.0 Å². The maximum Gasteiger partial charge on any atom is 0.191 e. The maximum absolute atomic E-state index is 10.8. The van der Waals surface area contributed by atoms with Gasteiger partial charge in [0, 0.05) is 30.2 Å². The summed E-state index contributed by atoms with van der Waals surface area (Å²) in [6, 6.07) is 10.2. The average Bonchev–Trinajstić information content (AvgIpc) is 3.40. The zero-order valence-electron chi connectivity index (χ0n) is 17.8. The van der Waals surface area contributed by atoms with Crippen LogP contribution in [0, 0.1) is 0 Å². The summed E-state index contributed by atoms with van der Waals surface area (Å²) in [4.78, 5) is 5.84. The number of aromatic nitrogens is 2. The molecule has 2 heterocycles. The third-order valence-corrected chi connectivity index (χ3v) is 5.66. The molecule has 3 aromatic rings. The second-order valence-electron chi connectivity index (χ2n) is 7.26. The first-order valence-electron chi connectivity index (χ1n) is 9.87. The number of thiophene rings is 1. The fourth-order valence-electron chi connectivity index (χ4n) is 2.95. The summed E-state index contributed by atoms with van der Waals surface area (Å²) in [7, 11) is 3.50. The van der Waals surface area contributed by atoms with Gasteiger partial charge in [-0.05, 0) is 48.6 Å². The number of methoxy groups -OCH3 is 1. The monoisotopic (exact) mass is 427 g/mol. The van der Waals surface area contributed by atoms with Gasteiger partial charge in [-0.15, -0.1) is 11.3 Å². The van der Waals surface area contributed by atoms with Crippen molar-refractivity contribution in [2.75, 3.05) is 20.2 Å². The number of hydrogen-bond donors (Lipinski definition) is 3. The van der Waals surface area contributed by atoms with E-state index in [0.717, 1.165) is 28.3 Å². The molecular weight excluding hydrogens is 398 g/mol. The number of guanidine groups is 1. The van der Waals surface area contributed by atoms with Crippen LogP contribution in [0.2, 0.25) is 0 Å². The van der Waals surface area contributed by atoms with Gasteiger partial charge < -0.3 is 20.5 Å². The van der Waals surface area contributed by atoms with Gasteiger partial charge in [0.2, 0.25) is 0 Å². The molecule has 160 valence electrons. The lowest BCUT2D eigenvalue weighted by atomic mass is 10.00. The zero-order chi connectivity index (χ0) is 21.6. The Morgan fingerprint density at radius 1 is 1.27 bits per heavy atom. The molecule has 0 spiro atoms. The lowest BCUT2D eigenvalue weighted by Crippen LogP contribution is -2.44. The van der Waals surface area contributed by atoms with Gasteiger partial charge in [0.25, 0.3) is 0 Å². The molecule has 8 heteroatoms. The van der Waals surface area contributed by atoms with E-state index in [-0.39, 0.29) is 0 Å². The van der Waals surface area contributed by atoms with E-state index >= 15 is 0 Å². The summed E-state index contributed by atoms with van der Waals surface area (Å²) < 4.78 is 6.90. The summed E-state index contributed by atoms with van der Waals surface area (Å²) in [5.74, 6) is 1.52. The van der Waals surface area contributed by atoms with Crippen molar-refractivity contribution in [1.82, 2.24) is 20.4 Å². The van der Waals surface area contributed by atoms with Crippen LogP contribution in [-0.2, 0) is 19.2 Å². The minimum absolute atomic E-state index is 0.325. The fourth-order valence-corrected chi connectivity index (χ4v) is 3.77. The molecule has 3 rings (SSSR count). The van der Waals surface area contributed by atoms with Gasteiger partial charge >= 0.3 is 0 Å². The number of aliphatic imine (C=N–C) groups is 1. The quantitative estimate of drug-likeness (QED) is 0.380. The molecule has 0 aliphatic rings. The van der Waals surface area contributed by atoms with Crippen LogP contribution in [0.3, 0.4) is 0 Å². The lowest BCUT2D eigenvalue weighted by Gasteiger charge is -2.23. The highest BCUT2D eigenvalue weighted by Gasteiger charge is 2.25. The molecule has 1 unspecified atom stereocenters. The smallest absolute Gasteiger partial charge is 0.191 e. The van der Waals surface area contributed by atoms with Gasteiger partial charge in [0.1, 0.15) is 11.4 Å². The Morgan fingerprint density at radius 2 is 2.03 bits per heavy atom. The van der Waals surface area contributed by atoms with Gasteiger partial charge in [0.05, 0.1) is 26.4 Å². The van der Waals surface area contributed by atoms with E-state index in [4.69, 9.17) is 4.74 Å². The first-order valence-corrected chi connectivity index (χ1v) is 10.7. The standard InChI is InChI=1S/C22H29N5O2S/c1-5-23-21(25-15-22(2,28)18-11-26-27(3)13-18)24-12-20-10-17(14-30-20)16-6-8-19(29-4)9-7-16/h6-11,13-14,28H,5,12,15H2,1-4H3,(H2,23,24,25). The number of aliphatic hydroxyl groups is 1. The average molecular weight is 428 g/mol. The molecule has 0 saturated carbocycles. The van der Waals surface area contributed by atoms with Crippen LogP contribution >= 0.6 is 11.3 Å². The van der Waals surface area contributed by atoms with E-state index in [0.29, 0.717) is 19.0 Å². The maximum atomic E-state index is 10.8. The molecule has 1 atom stereocenters. The van der Waals surface area contributed by atoms with E-state index in [1.54, 1.807) is 36.2 Å². The summed E-state index contributed by atoms with van der Waals surface area (Å²) in [6.07, 6.45) is 3.50. The van der Waals surface area contributed by atoms with E-state index in [1.165, 1.54) is 5.56 Å². The van der Waals surface area contributed by atoms with Crippen LogP contribution in [0.5, 0.6) is 5.75 Å². The number of nitrogens with zero attached hydrogens (tertiary/aromatic N) is 3. The molecule has 0 amide bonds. The van der Waals surface area contributed by atoms with E-state index < -0.39 is 5.60 Å². The highest BCUT2D eigenvalue weighted by Crippen LogP contribution is 2.27. The summed E-state index contributed by atoms with van der Waals surface area (Å²) in [5.41, 5.74) is 2.04. The van der Waals surface area contributed by atoms with Crippen molar-refractivity contribution in [1.29, 1.82) is 0 Å². The van der Waals surface area contributed by atoms with Gasteiger partial charge in [-0.3, -0.25) is 4.68 Å². The van der Waals surface area contributed by atoms with Crippen LogP contribution in [0.4, 0.5) is 0 Å². The SMILES string of the molecule is CCNC(=NCc1cc(-c2ccc(OC)cc2)cs1)NCC(C)(O)c1cnn(C)c1. The van der Waals surface area contributed by atoms with Crippen molar-refractivity contribution in [3.63, 3.8) is 0 Å². The zero-order valence-corrected chi connectivity index (χ0v) is 18.7. The Kier molecular flexibility index (Phi) is 7.12. The molecule has 0 saturated heterocycles. The fraction of sp³-hybridized carbons (Fsp3) is 0.364. The molecule has 3 N–H and O–H groups in total. The Morgan fingerprint density at radius 3 is 2.67 bits per heavy atom. The summed E-state index contributed by atoms with van der Waals surface area (Å²) >= 11 is 1.68. The van der Waals surface area contributed by atoms with Crippen LogP contribution < -0.4 is 15.4 Å². The Labute approximate surface area is 181 Å². The first kappa shape index (κ1) is 21.9. The topological polar surface area (TPSA) is 83.7 Å². The minimum atomic E-state index is -1.05. The third-order valence-electron chi connectivity index (χ3n) is 4.74. The normalized spacial score (nSPS) is 13.7. The Hall–Kier alpha value is -2.84. The number of ether oxygens (including phenoxy) is 1. The second kappa shape index (κ2) is 9.77. The summed E-state index contributed by atoms with van der Waals surface area (Å²) in [6.45, 7) is 5.41. The van der Waals surface area contributed by atoms with Crippen LogP contribution in [-0.4, -0.2) is 41.0 Å². The second-order valence-corrected chi connectivity index (χ2v) is 8.25. The predicted molar refractivity (Wildman–Crippen MR) is 122 cm³/mol. The molecule has 0 aliphatic carbocycles. The molecule has 0 aliphatic heterocycles. The predicted octanol–water partition coefficient (Wildman–Crippen LogP) is 3.12. The highest BCUT2D eigenvalue weighted by atomic mass is 32.1. The molecular formula is C22H29N5O2S. The van der Waals surface area contributed by atoms with Crippen molar-refractivity contribution >= 4 is 17.3 Å². The van der Waals surface area contributed by atoms with Crippen LogP contribution in [0.15, 0.2) is 53.1 Å². The van der Waals surface area contributed by atoms with Crippen molar-refractivity contribution in [2.24, 2.45) is 12.0 Å². The molecule has 7 nitrogen and oxygen atoms in total. The molecule has 2 aromatic heterocycles. The number of aryl methyl sites for hydroxylation is 1.